The van der Waals surface area contributed by atoms with Crippen molar-refractivity contribution in [1.29, 1.82) is 0 Å². The highest BCUT2D eigenvalue weighted by Gasteiger charge is 2.26. The van der Waals surface area contributed by atoms with Gasteiger partial charge in [-0.1, -0.05) is 54.7 Å². The van der Waals surface area contributed by atoms with Gasteiger partial charge in [0.1, 0.15) is 0 Å². The number of benzene rings is 2. The van der Waals surface area contributed by atoms with E-state index >= 15 is 0 Å². The zero-order chi connectivity index (χ0) is 18.6. The number of carbonyl (C=O) groups is 1. The van der Waals surface area contributed by atoms with E-state index in [9.17, 15) is 4.79 Å². The summed E-state index contributed by atoms with van der Waals surface area (Å²) < 4.78 is 1.26. The Morgan fingerprint density at radius 3 is 2.67 bits per heavy atom. The van der Waals surface area contributed by atoms with Gasteiger partial charge in [-0.3, -0.25) is 4.79 Å². The number of carbonyl (C=O) groups excluding carboxylic acids is 1. The predicted molar refractivity (Wildman–Crippen MR) is 112 cm³/mol. The molecular formula is C22H25N3OS. The van der Waals surface area contributed by atoms with Crippen molar-refractivity contribution in [1.82, 2.24) is 10.3 Å². The van der Waals surface area contributed by atoms with Gasteiger partial charge in [0.15, 0.2) is 5.13 Å². The third kappa shape index (κ3) is 4.14. The van der Waals surface area contributed by atoms with Crippen LogP contribution in [0.2, 0.25) is 0 Å². The van der Waals surface area contributed by atoms with Crippen molar-refractivity contribution in [2.75, 3.05) is 18.0 Å². The summed E-state index contributed by atoms with van der Waals surface area (Å²) in [6, 6.07) is 16.6. The summed E-state index contributed by atoms with van der Waals surface area (Å²) in [4.78, 5) is 19.6. The number of aryl methyl sites for hydroxylation is 1. The van der Waals surface area contributed by atoms with E-state index in [4.69, 9.17) is 4.98 Å². The van der Waals surface area contributed by atoms with Crippen LogP contribution in [0.5, 0.6) is 0 Å². The van der Waals surface area contributed by atoms with Crippen LogP contribution in [0.25, 0.3) is 10.2 Å². The second kappa shape index (κ2) is 8.09. The Bertz CT molecular complexity index is 914. The van der Waals surface area contributed by atoms with Gasteiger partial charge in [-0.15, -0.1) is 0 Å². The number of aromatic nitrogens is 1. The first-order valence-corrected chi connectivity index (χ1v) is 10.5. The van der Waals surface area contributed by atoms with E-state index in [2.05, 4.69) is 35.3 Å². The van der Waals surface area contributed by atoms with Crippen molar-refractivity contribution in [2.24, 2.45) is 5.92 Å². The van der Waals surface area contributed by atoms with Crippen LogP contribution in [-0.4, -0.2) is 24.0 Å². The first-order chi connectivity index (χ1) is 13.2. The number of nitrogens with zero attached hydrogens (tertiary/aromatic N) is 2. The van der Waals surface area contributed by atoms with Gasteiger partial charge in [-0.2, -0.15) is 0 Å². The van der Waals surface area contributed by atoms with E-state index in [0.717, 1.165) is 48.6 Å². The van der Waals surface area contributed by atoms with E-state index in [1.165, 1.54) is 10.3 Å². The normalized spacial score (nSPS) is 15.2. The molecule has 0 saturated carbocycles. The van der Waals surface area contributed by atoms with Crippen molar-refractivity contribution in [3.8, 4) is 0 Å². The molecule has 27 heavy (non-hydrogen) atoms. The molecule has 1 aromatic heterocycles. The Morgan fingerprint density at radius 2 is 1.93 bits per heavy atom. The molecule has 0 spiro atoms. The fourth-order valence-corrected chi connectivity index (χ4v) is 4.66. The molecule has 3 aromatic rings. The molecule has 4 rings (SSSR count). The molecule has 4 nitrogen and oxygen atoms in total. The number of nitrogens with one attached hydrogen (secondary N) is 1. The molecule has 1 aliphatic rings. The fraction of sp³-hybridized carbons (Fsp3) is 0.364. The lowest BCUT2D eigenvalue weighted by atomic mass is 9.96. The third-order valence-electron chi connectivity index (χ3n) is 5.30. The van der Waals surface area contributed by atoms with Gasteiger partial charge in [-0.05, 0) is 42.5 Å². The van der Waals surface area contributed by atoms with Crippen LogP contribution < -0.4 is 10.2 Å². The number of hydrogen-bond donors (Lipinski definition) is 1. The summed E-state index contributed by atoms with van der Waals surface area (Å²) in [6.07, 6.45) is 2.82. The molecule has 5 heteroatoms. The minimum absolute atomic E-state index is 0.103. The van der Waals surface area contributed by atoms with Crippen molar-refractivity contribution in [3.63, 3.8) is 0 Å². The van der Waals surface area contributed by atoms with Gasteiger partial charge in [0.2, 0.25) is 5.91 Å². The fourth-order valence-electron chi connectivity index (χ4n) is 3.57. The highest BCUT2D eigenvalue weighted by molar-refractivity contribution is 7.22. The molecule has 1 N–H and O–H groups in total. The maximum atomic E-state index is 12.5. The van der Waals surface area contributed by atoms with Crippen molar-refractivity contribution < 1.29 is 4.79 Å². The van der Waals surface area contributed by atoms with Crippen molar-refractivity contribution >= 4 is 32.6 Å². The summed E-state index contributed by atoms with van der Waals surface area (Å²) in [5, 5.41) is 4.17. The lowest BCUT2D eigenvalue weighted by molar-refractivity contribution is -0.125. The maximum absolute atomic E-state index is 12.5. The molecule has 140 valence electrons. The number of rotatable bonds is 5. The van der Waals surface area contributed by atoms with Crippen LogP contribution in [0.1, 0.15) is 30.9 Å². The molecule has 1 amide bonds. The summed E-state index contributed by atoms with van der Waals surface area (Å²) in [5.41, 5.74) is 3.57. The lowest BCUT2D eigenvalue weighted by Gasteiger charge is -2.31. The van der Waals surface area contributed by atoms with Crippen LogP contribution in [0, 0.1) is 5.92 Å². The van der Waals surface area contributed by atoms with E-state index in [0.29, 0.717) is 6.54 Å². The van der Waals surface area contributed by atoms with Crippen LogP contribution in [0.4, 0.5) is 5.13 Å². The average Bonchev–Trinajstić information content (AvgIpc) is 3.16. The van der Waals surface area contributed by atoms with Gasteiger partial charge in [0, 0.05) is 25.6 Å². The number of hydrogen-bond acceptors (Lipinski definition) is 4. The molecular weight excluding hydrogens is 354 g/mol. The molecule has 0 bridgehead atoms. The zero-order valence-corrected chi connectivity index (χ0v) is 16.5. The van der Waals surface area contributed by atoms with Crippen LogP contribution in [0.3, 0.4) is 0 Å². The Morgan fingerprint density at radius 1 is 1.15 bits per heavy atom. The molecule has 0 unspecified atom stereocenters. The first kappa shape index (κ1) is 18.0. The summed E-state index contributed by atoms with van der Waals surface area (Å²) in [5.74, 6) is 0.279. The van der Waals surface area contributed by atoms with Crippen molar-refractivity contribution in [2.45, 2.75) is 32.7 Å². The quantitative estimate of drug-likeness (QED) is 0.715. The summed E-state index contributed by atoms with van der Waals surface area (Å²) in [6.45, 7) is 4.57. The predicted octanol–water partition coefficient (Wildman–Crippen LogP) is 4.39. The molecule has 1 fully saturated rings. The molecule has 0 atom stereocenters. The van der Waals surface area contributed by atoms with Gasteiger partial charge < -0.3 is 10.2 Å². The second-order valence-corrected chi connectivity index (χ2v) is 8.13. The van der Waals surface area contributed by atoms with Crippen LogP contribution in [-0.2, 0) is 17.8 Å². The monoisotopic (exact) mass is 379 g/mol. The number of piperidine rings is 1. The Kier molecular flexibility index (Phi) is 5.39. The topological polar surface area (TPSA) is 45.2 Å². The van der Waals surface area contributed by atoms with Gasteiger partial charge in [0.25, 0.3) is 0 Å². The second-order valence-electron chi connectivity index (χ2n) is 7.12. The highest BCUT2D eigenvalue weighted by atomic mass is 32.1. The third-order valence-corrected chi connectivity index (χ3v) is 6.37. The average molecular weight is 380 g/mol. The number of amides is 1. The zero-order valence-electron chi connectivity index (χ0n) is 15.6. The maximum Gasteiger partial charge on any atom is 0.223 e. The highest BCUT2D eigenvalue weighted by Crippen LogP contribution is 2.32. The standard InChI is InChI=1S/C22H25N3OS/c1-2-16-8-9-19-20(14-16)27-22(24-19)25-12-10-18(11-13-25)21(26)23-15-17-6-4-3-5-7-17/h3-9,14,18H,2,10-13,15H2,1H3,(H,23,26). The van der Waals surface area contributed by atoms with E-state index in [1.54, 1.807) is 11.3 Å². The molecule has 1 aliphatic heterocycles. The Labute approximate surface area is 164 Å². The number of thiazole rings is 1. The minimum Gasteiger partial charge on any atom is -0.352 e. The smallest absolute Gasteiger partial charge is 0.223 e. The molecule has 2 heterocycles. The van der Waals surface area contributed by atoms with Crippen LogP contribution >= 0.6 is 11.3 Å². The SMILES string of the molecule is CCc1ccc2nc(N3CCC(C(=O)NCc4ccccc4)CC3)sc2c1. The van der Waals surface area contributed by atoms with E-state index < -0.39 is 0 Å². The summed E-state index contributed by atoms with van der Waals surface area (Å²) in [7, 11) is 0. The Hall–Kier alpha value is -2.40. The minimum atomic E-state index is 0.103. The lowest BCUT2D eigenvalue weighted by Crippen LogP contribution is -2.40. The van der Waals surface area contributed by atoms with Crippen molar-refractivity contribution in [3.05, 3.63) is 59.7 Å². The number of anilines is 1. The molecule has 2 aromatic carbocycles. The first-order valence-electron chi connectivity index (χ1n) is 9.69. The summed E-state index contributed by atoms with van der Waals surface area (Å²) >= 11 is 1.76. The molecule has 0 aliphatic carbocycles. The number of fused-ring (bicyclic) bond motifs is 1. The largest absolute Gasteiger partial charge is 0.352 e. The molecule has 0 radical (unpaired) electrons. The van der Waals surface area contributed by atoms with Crippen LogP contribution in [0.15, 0.2) is 48.5 Å². The Balaban J connectivity index is 1.33. The van der Waals surface area contributed by atoms with Gasteiger partial charge >= 0.3 is 0 Å². The molecule has 1 saturated heterocycles. The van der Waals surface area contributed by atoms with Gasteiger partial charge in [-0.25, -0.2) is 4.98 Å². The van der Waals surface area contributed by atoms with E-state index in [1.807, 2.05) is 30.3 Å². The van der Waals surface area contributed by atoms with E-state index in [-0.39, 0.29) is 11.8 Å². The van der Waals surface area contributed by atoms with Gasteiger partial charge in [0.05, 0.1) is 10.2 Å².